The van der Waals surface area contributed by atoms with Gasteiger partial charge < -0.3 is 4.90 Å². The molecule has 0 spiro atoms. The van der Waals surface area contributed by atoms with Gasteiger partial charge in [-0.1, -0.05) is 0 Å². The van der Waals surface area contributed by atoms with Crippen molar-refractivity contribution in [3.8, 4) is 0 Å². The van der Waals surface area contributed by atoms with E-state index in [-0.39, 0.29) is 6.67 Å². The molecular formula is C6H7F3N2. The highest BCUT2D eigenvalue weighted by Gasteiger charge is 2.29. The predicted octanol–water partition coefficient (Wildman–Crippen LogP) is 1.41. The zero-order chi connectivity index (χ0) is 8.32. The summed E-state index contributed by atoms with van der Waals surface area (Å²) in [7, 11) is 0. The molecule has 0 amide bonds. The van der Waals surface area contributed by atoms with Crippen LogP contribution >= 0.6 is 0 Å². The zero-order valence-corrected chi connectivity index (χ0v) is 5.67. The number of rotatable bonds is 1. The average molecular weight is 164 g/mol. The maximum Gasteiger partial charge on any atom is 0.405 e. The molecule has 0 aromatic heterocycles. The van der Waals surface area contributed by atoms with Crippen molar-refractivity contribution in [2.45, 2.75) is 6.18 Å². The molecule has 0 aromatic rings. The van der Waals surface area contributed by atoms with Crippen molar-refractivity contribution in [2.24, 2.45) is 4.99 Å². The predicted molar refractivity (Wildman–Crippen MR) is 35.3 cm³/mol. The second-order valence-electron chi connectivity index (χ2n) is 2.18. The van der Waals surface area contributed by atoms with E-state index in [0.29, 0.717) is 0 Å². The van der Waals surface area contributed by atoms with E-state index >= 15 is 0 Å². The summed E-state index contributed by atoms with van der Waals surface area (Å²) in [5, 5.41) is 0. The van der Waals surface area contributed by atoms with Crippen LogP contribution in [-0.2, 0) is 0 Å². The molecule has 1 rings (SSSR count). The first-order valence-corrected chi connectivity index (χ1v) is 3.05. The van der Waals surface area contributed by atoms with Crippen molar-refractivity contribution in [3.05, 3.63) is 12.3 Å². The molecule has 0 saturated heterocycles. The number of alkyl halides is 3. The van der Waals surface area contributed by atoms with Gasteiger partial charge >= 0.3 is 6.18 Å². The molecule has 0 aliphatic carbocycles. The van der Waals surface area contributed by atoms with Crippen LogP contribution in [0.4, 0.5) is 13.2 Å². The smallest absolute Gasteiger partial charge is 0.349 e. The molecule has 0 radical (unpaired) electrons. The molecular weight excluding hydrogens is 157 g/mol. The monoisotopic (exact) mass is 164 g/mol. The van der Waals surface area contributed by atoms with E-state index in [0.717, 1.165) is 4.90 Å². The Morgan fingerprint density at radius 2 is 2.18 bits per heavy atom. The summed E-state index contributed by atoms with van der Waals surface area (Å²) in [5.74, 6) is 0. The molecule has 0 N–H and O–H groups in total. The second-order valence-corrected chi connectivity index (χ2v) is 2.18. The van der Waals surface area contributed by atoms with Gasteiger partial charge in [-0.3, -0.25) is 4.99 Å². The number of nitrogens with zero attached hydrogens (tertiary/aromatic N) is 2. The van der Waals surface area contributed by atoms with Gasteiger partial charge in [0.2, 0.25) is 0 Å². The largest absolute Gasteiger partial charge is 0.405 e. The van der Waals surface area contributed by atoms with Gasteiger partial charge in [0.05, 0.1) is 0 Å². The Morgan fingerprint density at radius 3 is 2.64 bits per heavy atom. The summed E-state index contributed by atoms with van der Waals surface area (Å²) in [6, 6.07) is 0. The fourth-order valence-corrected chi connectivity index (χ4v) is 0.753. The minimum atomic E-state index is -4.14. The highest BCUT2D eigenvalue weighted by molar-refractivity contribution is 5.71. The molecule has 0 saturated carbocycles. The molecule has 0 unspecified atom stereocenters. The van der Waals surface area contributed by atoms with Gasteiger partial charge in [0, 0.05) is 12.4 Å². The molecule has 1 aliphatic rings. The molecule has 1 aliphatic heterocycles. The maximum atomic E-state index is 11.7. The van der Waals surface area contributed by atoms with Gasteiger partial charge in [-0.05, 0) is 6.08 Å². The summed E-state index contributed by atoms with van der Waals surface area (Å²) < 4.78 is 35.1. The van der Waals surface area contributed by atoms with Crippen LogP contribution in [0, 0.1) is 0 Å². The van der Waals surface area contributed by atoms with Gasteiger partial charge in [-0.25, -0.2) is 0 Å². The second kappa shape index (κ2) is 2.94. The molecule has 5 heteroatoms. The van der Waals surface area contributed by atoms with Crippen LogP contribution in [0.2, 0.25) is 0 Å². The van der Waals surface area contributed by atoms with E-state index in [9.17, 15) is 13.2 Å². The lowest BCUT2D eigenvalue weighted by molar-refractivity contribution is -0.140. The van der Waals surface area contributed by atoms with Gasteiger partial charge in [-0.2, -0.15) is 13.2 Å². The number of aliphatic imine (C=N–C) groups is 1. The van der Waals surface area contributed by atoms with E-state index in [1.54, 1.807) is 0 Å². The van der Waals surface area contributed by atoms with Crippen LogP contribution in [0.15, 0.2) is 17.3 Å². The van der Waals surface area contributed by atoms with Crippen LogP contribution in [0.5, 0.6) is 0 Å². The van der Waals surface area contributed by atoms with Crippen molar-refractivity contribution < 1.29 is 13.2 Å². The molecule has 0 atom stereocenters. The first-order valence-electron chi connectivity index (χ1n) is 3.05. The molecule has 0 aromatic carbocycles. The summed E-state index contributed by atoms with van der Waals surface area (Å²) in [6.07, 6.45) is 0.194. The number of halogens is 3. The maximum absolute atomic E-state index is 11.7. The van der Waals surface area contributed by atoms with E-state index < -0.39 is 12.7 Å². The van der Waals surface area contributed by atoms with Crippen molar-refractivity contribution in [1.29, 1.82) is 0 Å². The number of hydrogen-bond acceptors (Lipinski definition) is 2. The third kappa shape index (κ3) is 3.06. The van der Waals surface area contributed by atoms with Crippen molar-refractivity contribution in [2.75, 3.05) is 13.2 Å². The normalized spacial score (nSPS) is 17.5. The Balaban J connectivity index is 2.39. The Bertz CT molecular complexity index is 183. The quantitative estimate of drug-likeness (QED) is 0.572. The summed E-state index contributed by atoms with van der Waals surface area (Å²) in [5.41, 5.74) is 0. The van der Waals surface area contributed by atoms with Crippen molar-refractivity contribution in [3.63, 3.8) is 0 Å². The summed E-state index contributed by atoms with van der Waals surface area (Å²) >= 11 is 0. The fourth-order valence-electron chi connectivity index (χ4n) is 0.753. The SMILES string of the molecule is FC(F)(F)CN1C=CC=NC1. The Labute approximate surface area is 62.0 Å². The molecule has 0 fully saturated rings. The molecule has 2 nitrogen and oxygen atoms in total. The lowest BCUT2D eigenvalue weighted by Gasteiger charge is -2.20. The average Bonchev–Trinajstić information content (AvgIpc) is 1.85. The number of hydrogen-bond donors (Lipinski definition) is 0. The Hall–Kier alpha value is -1.00. The van der Waals surface area contributed by atoms with Crippen LogP contribution in [0.3, 0.4) is 0 Å². The van der Waals surface area contributed by atoms with Crippen LogP contribution in [0.1, 0.15) is 0 Å². The van der Waals surface area contributed by atoms with Crippen LogP contribution in [0.25, 0.3) is 0 Å². The standard InChI is InChI=1S/C6H7F3N2/c7-6(8,9)4-11-3-1-2-10-5-11/h1-3H,4-5H2. The van der Waals surface area contributed by atoms with Gasteiger partial charge in [0.1, 0.15) is 13.2 Å². The lowest BCUT2D eigenvalue weighted by Crippen LogP contribution is -2.31. The Morgan fingerprint density at radius 1 is 1.45 bits per heavy atom. The summed E-state index contributed by atoms with van der Waals surface area (Å²) in [4.78, 5) is 4.75. The zero-order valence-electron chi connectivity index (χ0n) is 5.67. The lowest BCUT2D eigenvalue weighted by atomic mass is 10.5. The van der Waals surface area contributed by atoms with Crippen molar-refractivity contribution in [1.82, 2.24) is 4.90 Å². The van der Waals surface area contributed by atoms with E-state index in [4.69, 9.17) is 0 Å². The van der Waals surface area contributed by atoms with E-state index in [2.05, 4.69) is 4.99 Å². The topological polar surface area (TPSA) is 15.6 Å². The van der Waals surface area contributed by atoms with Gasteiger partial charge in [0.15, 0.2) is 0 Å². The third-order valence-corrected chi connectivity index (χ3v) is 1.13. The Kier molecular flexibility index (Phi) is 2.16. The molecule has 0 bridgehead atoms. The van der Waals surface area contributed by atoms with E-state index in [1.165, 1.54) is 18.5 Å². The van der Waals surface area contributed by atoms with Crippen molar-refractivity contribution >= 4 is 6.21 Å². The van der Waals surface area contributed by atoms with Gasteiger partial charge in [0.25, 0.3) is 0 Å². The minimum absolute atomic E-state index is 0.0933. The third-order valence-electron chi connectivity index (χ3n) is 1.13. The van der Waals surface area contributed by atoms with Crippen LogP contribution < -0.4 is 0 Å². The molecule has 11 heavy (non-hydrogen) atoms. The number of allylic oxidation sites excluding steroid dienone is 1. The van der Waals surface area contributed by atoms with Gasteiger partial charge in [-0.15, -0.1) is 0 Å². The van der Waals surface area contributed by atoms with E-state index in [1.807, 2.05) is 0 Å². The summed E-state index contributed by atoms with van der Waals surface area (Å²) in [6.45, 7) is -0.836. The fraction of sp³-hybridized carbons (Fsp3) is 0.500. The van der Waals surface area contributed by atoms with Crippen LogP contribution in [-0.4, -0.2) is 30.5 Å². The minimum Gasteiger partial charge on any atom is -0.349 e. The first-order chi connectivity index (χ1) is 5.08. The highest BCUT2D eigenvalue weighted by atomic mass is 19.4. The first kappa shape index (κ1) is 8.10. The molecule has 62 valence electrons. The molecule has 1 heterocycles. The highest BCUT2D eigenvalue weighted by Crippen LogP contribution is 2.16.